The number of amides is 1. The van der Waals surface area contributed by atoms with E-state index in [4.69, 9.17) is 15.2 Å². The highest BCUT2D eigenvalue weighted by Gasteiger charge is 2.43. The Kier molecular flexibility index (Phi) is 6.79. The molecule has 2 heterocycles. The van der Waals surface area contributed by atoms with Gasteiger partial charge in [0.1, 0.15) is 11.5 Å². The van der Waals surface area contributed by atoms with E-state index in [1.54, 1.807) is 54.3 Å². The Labute approximate surface area is 209 Å². The third-order valence-electron chi connectivity index (χ3n) is 6.49. The van der Waals surface area contributed by atoms with Crippen molar-refractivity contribution in [3.05, 3.63) is 82.3 Å². The summed E-state index contributed by atoms with van der Waals surface area (Å²) in [7, 11) is 2.40. The fourth-order valence-electron chi connectivity index (χ4n) is 4.81. The first-order chi connectivity index (χ1) is 17.3. The molecule has 184 valence electrons. The minimum absolute atomic E-state index is 0.00162. The topological polar surface area (TPSA) is 126 Å². The van der Waals surface area contributed by atoms with E-state index >= 15 is 0 Å². The monoisotopic (exact) mass is 486 g/mol. The molecule has 1 unspecified atom stereocenters. The van der Waals surface area contributed by atoms with Gasteiger partial charge in [-0.05, 0) is 36.6 Å². The average Bonchev–Trinajstić information content (AvgIpc) is 3.33. The number of hydrogen-bond donors (Lipinski definition) is 1. The molecule has 1 fully saturated rings. The van der Waals surface area contributed by atoms with Crippen LogP contribution in [0, 0.1) is 18.3 Å². The van der Waals surface area contributed by atoms with Crippen molar-refractivity contribution in [1.29, 1.82) is 5.26 Å². The van der Waals surface area contributed by atoms with Crippen molar-refractivity contribution in [3.63, 3.8) is 0 Å². The Balaban J connectivity index is 2.03. The molecule has 36 heavy (non-hydrogen) atoms. The van der Waals surface area contributed by atoms with Crippen LogP contribution in [0.2, 0.25) is 0 Å². The Hall–Kier alpha value is -4.58. The molecular formula is C27H26N4O5. The molecule has 2 N–H and O–H groups in total. The van der Waals surface area contributed by atoms with Crippen molar-refractivity contribution in [2.24, 2.45) is 5.73 Å². The van der Waals surface area contributed by atoms with Crippen LogP contribution in [0.15, 0.2) is 71.2 Å². The van der Waals surface area contributed by atoms with Gasteiger partial charge in [-0.2, -0.15) is 5.26 Å². The van der Waals surface area contributed by atoms with Crippen molar-refractivity contribution in [2.75, 3.05) is 30.6 Å². The Morgan fingerprint density at radius 3 is 2.28 bits per heavy atom. The molecule has 2 aromatic rings. The summed E-state index contributed by atoms with van der Waals surface area (Å²) in [4.78, 5) is 41.9. The number of ether oxygens (including phenoxy) is 2. The van der Waals surface area contributed by atoms with Crippen LogP contribution in [0.4, 0.5) is 11.4 Å². The summed E-state index contributed by atoms with van der Waals surface area (Å²) in [6, 6.07) is 16.2. The fraction of sp³-hybridized carbons (Fsp3) is 0.259. The maximum absolute atomic E-state index is 13.2. The number of nitriles is 1. The highest BCUT2D eigenvalue weighted by atomic mass is 16.5. The van der Waals surface area contributed by atoms with Crippen LogP contribution in [-0.2, 0) is 23.9 Å². The molecule has 0 saturated carbocycles. The normalized spacial score (nSPS) is 17.8. The lowest BCUT2D eigenvalue weighted by atomic mass is 9.80. The Bertz CT molecular complexity index is 1340. The first-order valence-corrected chi connectivity index (χ1v) is 11.4. The number of rotatable bonds is 5. The van der Waals surface area contributed by atoms with E-state index in [0.29, 0.717) is 35.5 Å². The number of esters is 2. The van der Waals surface area contributed by atoms with E-state index in [1.165, 1.54) is 19.1 Å². The fourth-order valence-corrected chi connectivity index (χ4v) is 4.81. The molecule has 4 rings (SSSR count). The van der Waals surface area contributed by atoms with Crippen molar-refractivity contribution in [2.45, 2.75) is 25.7 Å². The summed E-state index contributed by atoms with van der Waals surface area (Å²) in [5.74, 6) is -2.58. The van der Waals surface area contributed by atoms with Gasteiger partial charge < -0.3 is 20.1 Å². The average molecular weight is 487 g/mol. The van der Waals surface area contributed by atoms with E-state index in [-0.39, 0.29) is 28.6 Å². The van der Waals surface area contributed by atoms with Gasteiger partial charge in [0.2, 0.25) is 5.91 Å². The zero-order valence-electron chi connectivity index (χ0n) is 20.3. The quantitative estimate of drug-likeness (QED) is 0.639. The van der Waals surface area contributed by atoms with Crippen LogP contribution < -0.4 is 15.5 Å². The van der Waals surface area contributed by atoms with Crippen LogP contribution in [0.1, 0.15) is 29.9 Å². The van der Waals surface area contributed by atoms with Gasteiger partial charge in [-0.1, -0.05) is 36.4 Å². The van der Waals surface area contributed by atoms with Gasteiger partial charge in [0.25, 0.3) is 0 Å². The van der Waals surface area contributed by atoms with E-state index in [1.807, 2.05) is 6.07 Å². The largest absolute Gasteiger partial charge is 0.466 e. The summed E-state index contributed by atoms with van der Waals surface area (Å²) in [6.07, 6.45) is 1.19. The predicted octanol–water partition coefficient (Wildman–Crippen LogP) is 3.02. The number of benzene rings is 2. The molecule has 0 aliphatic carbocycles. The third kappa shape index (κ3) is 3.96. The summed E-state index contributed by atoms with van der Waals surface area (Å²) in [5.41, 5.74) is 8.79. The second-order valence-electron chi connectivity index (χ2n) is 8.41. The highest BCUT2D eigenvalue weighted by Crippen LogP contribution is 2.45. The number of hydrogen-bond acceptors (Lipinski definition) is 8. The maximum Gasteiger partial charge on any atom is 0.355 e. The molecule has 0 spiro atoms. The van der Waals surface area contributed by atoms with E-state index < -0.39 is 17.9 Å². The first-order valence-electron chi connectivity index (χ1n) is 11.4. The molecule has 0 bridgehead atoms. The smallest absolute Gasteiger partial charge is 0.355 e. The number of nitrogens with zero attached hydrogens (tertiary/aromatic N) is 3. The van der Waals surface area contributed by atoms with Crippen LogP contribution in [0.3, 0.4) is 0 Å². The van der Waals surface area contributed by atoms with Crippen LogP contribution in [0.5, 0.6) is 0 Å². The van der Waals surface area contributed by atoms with E-state index in [2.05, 4.69) is 6.07 Å². The molecule has 0 radical (unpaired) electrons. The minimum atomic E-state index is -0.947. The summed E-state index contributed by atoms with van der Waals surface area (Å²) >= 11 is 0. The van der Waals surface area contributed by atoms with Crippen LogP contribution >= 0.6 is 0 Å². The molecule has 2 aliphatic rings. The number of allylic oxidation sites excluding steroid dienone is 1. The van der Waals surface area contributed by atoms with Gasteiger partial charge >= 0.3 is 11.9 Å². The molecule has 0 aromatic heterocycles. The lowest BCUT2D eigenvalue weighted by molar-refractivity contribution is -0.139. The maximum atomic E-state index is 13.2. The van der Waals surface area contributed by atoms with Crippen molar-refractivity contribution < 1.29 is 23.9 Å². The molecule has 2 aromatic carbocycles. The molecule has 1 amide bonds. The third-order valence-corrected chi connectivity index (χ3v) is 6.49. The lowest BCUT2D eigenvalue weighted by Crippen LogP contribution is -2.41. The van der Waals surface area contributed by atoms with Gasteiger partial charge in [-0.3, -0.25) is 9.69 Å². The van der Waals surface area contributed by atoms with Gasteiger partial charge in [0, 0.05) is 18.7 Å². The summed E-state index contributed by atoms with van der Waals surface area (Å²) < 4.78 is 10.2. The Morgan fingerprint density at radius 1 is 1.03 bits per heavy atom. The number of methoxy groups -OCH3 is 2. The van der Waals surface area contributed by atoms with Crippen molar-refractivity contribution in [3.8, 4) is 6.07 Å². The van der Waals surface area contributed by atoms with Gasteiger partial charge in [0.05, 0.1) is 43.0 Å². The second-order valence-corrected chi connectivity index (χ2v) is 8.41. The molecule has 9 nitrogen and oxygen atoms in total. The number of carbonyl (C=O) groups excluding carboxylic acids is 3. The van der Waals surface area contributed by atoms with Crippen molar-refractivity contribution in [1.82, 2.24) is 0 Å². The number of anilines is 2. The van der Waals surface area contributed by atoms with Crippen molar-refractivity contribution >= 4 is 29.2 Å². The predicted molar refractivity (Wildman–Crippen MR) is 132 cm³/mol. The highest BCUT2D eigenvalue weighted by molar-refractivity contribution is 6.07. The lowest BCUT2D eigenvalue weighted by Gasteiger charge is -2.37. The van der Waals surface area contributed by atoms with Gasteiger partial charge in [0.15, 0.2) is 0 Å². The Morgan fingerprint density at radius 2 is 1.69 bits per heavy atom. The second kappa shape index (κ2) is 9.96. The van der Waals surface area contributed by atoms with Crippen LogP contribution in [-0.4, -0.2) is 38.6 Å². The molecule has 1 saturated heterocycles. The SMILES string of the molecule is COC(=O)C1=C(C(=O)OC)N(c2cccc(N3CCCC3=O)c2C)C(N)=C(C#N)C1c1ccccc1. The molecular weight excluding hydrogens is 460 g/mol. The standard InChI is InChI=1S/C27H26N4O5/c1-16-19(30-14-8-13-21(30)32)11-7-12-20(16)31-24(27(34)36-3)23(26(33)35-2)22(18(15-28)25(31)29)17-9-5-4-6-10-17/h4-7,9-12,22H,8,13-14,29H2,1-3H3. The summed E-state index contributed by atoms with van der Waals surface area (Å²) in [6.45, 7) is 2.37. The zero-order valence-corrected chi connectivity index (χ0v) is 20.3. The van der Waals surface area contributed by atoms with E-state index in [9.17, 15) is 19.6 Å². The minimum Gasteiger partial charge on any atom is -0.466 e. The first kappa shape index (κ1) is 24.5. The molecule has 9 heteroatoms. The molecule has 2 aliphatic heterocycles. The van der Waals surface area contributed by atoms with Gasteiger partial charge in [-0.15, -0.1) is 0 Å². The zero-order chi connectivity index (χ0) is 26.0. The van der Waals surface area contributed by atoms with Crippen LogP contribution in [0.25, 0.3) is 0 Å². The number of carbonyl (C=O) groups is 3. The van der Waals surface area contributed by atoms with Gasteiger partial charge in [-0.25, -0.2) is 9.59 Å². The van der Waals surface area contributed by atoms with E-state index in [0.717, 1.165) is 6.42 Å². The number of nitrogens with two attached hydrogens (primary N) is 1. The summed E-state index contributed by atoms with van der Waals surface area (Å²) in [5, 5.41) is 10.2. The molecule has 1 atom stereocenters.